The van der Waals surface area contributed by atoms with Crippen LogP contribution in [-0.2, 0) is 10.2 Å². The van der Waals surface area contributed by atoms with Gasteiger partial charge in [0, 0.05) is 5.69 Å². The minimum Gasteiger partial charge on any atom is -0.325 e. The number of carbonyl (C=O) groups excluding carboxylic acids is 2. The lowest BCUT2D eigenvalue weighted by atomic mass is 9.70. The summed E-state index contributed by atoms with van der Waals surface area (Å²) in [7, 11) is 0. The van der Waals surface area contributed by atoms with E-state index < -0.39 is 0 Å². The van der Waals surface area contributed by atoms with Crippen molar-refractivity contribution in [2.45, 2.75) is 49.7 Å². The summed E-state index contributed by atoms with van der Waals surface area (Å²) in [6, 6.07) is 6.06. The van der Waals surface area contributed by atoms with Gasteiger partial charge in [0.1, 0.15) is 0 Å². The number of hydrogen-bond donors (Lipinski definition) is 2. The first-order chi connectivity index (χ1) is 11.1. The molecule has 2 aliphatic heterocycles. The molecule has 1 aromatic carbocycles. The average molecular weight is 329 g/mol. The number of nitrogens with zero attached hydrogens (tertiary/aromatic N) is 1. The zero-order valence-corrected chi connectivity index (χ0v) is 13.8. The first-order valence-corrected chi connectivity index (χ1v) is 8.99. The fourth-order valence-corrected chi connectivity index (χ4v) is 4.68. The second-order valence-electron chi connectivity index (χ2n) is 6.51. The summed E-state index contributed by atoms with van der Waals surface area (Å²) in [4.78, 5) is 24.0. The Labute approximate surface area is 139 Å². The van der Waals surface area contributed by atoms with E-state index in [9.17, 15) is 9.59 Å². The molecule has 2 amide bonds. The second-order valence-corrected chi connectivity index (χ2v) is 7.83. The third kappa shape index (κ3) is 2.27. The highest BCUT2D eigenvalue weighted by molar-refractivity contribution is 8.14. The molecular formula is C17H19N3O2S. The van der Waals surface area contributed by atoms with Crippen LogP contribution in [0.25, 0.3) is 0 Å². The van der Waals surface area contributed by atoms with Crippen molar-refractivity contribution >= 4 is 34.3 Å². The standard InChI is InChI=1S/C17H19N3O2S/c1-10-14(19-20-16(22)23-10)11-5-6-13-12(9-11)17(15(21)18-13)7-3-2-4-8-17/h5-6,9-10H,2-4,7-8H2,1H3,(H,18,21)(H,20,22). The Balaban J connectivity index is 1.77. The highest BCUT2D eigenvalue weighted by Gasteiger charge is 2.47. The molecule has 1 saturated carbocycles. The summed E-state index contributed by atoms with van der Waals surface area (Å²) in [6.07, 6.45) is 5.24. The van der Waals surface area contributed by atoms with E-state index in [0.29, 0.717) is 0 Å². The maximum atomic E-state index is 12.6. The topological polar surface area (TPSA) is 70.6 Å². The van der Waals surface area contributed by atoms with Crippen molar-refractivity contribution in [3.63, 3.8) is 0 Å². The van der Waals surface area contributed by atoms with Gasteiger partial charge < -0.3 is 5.32 Å². The first-order valence-electron chi connectivity index (χ1n) is 8.11. The molecule has 1 unspecified atom stereocenters. The molecule has 5 nitrogen and oxygen atoms in total. The molecule has 4 rings (SSSR count). The SMILES string of the molecule is CC1SC(=O)NN=C1c1ccc2c(c1)C1(CCCCC1)C(=O)N2. The molecule has 0 saturated heterocycles. The Hall–Kier alpha value is -1.82. The zero-order chi connectivity index (χ0) is 16.0. The molecule has 120 valence electrons. The van der Waals surface area contributed by atoms with Gasteiger partial charge in [-0.2, -0.15) is 5.10 Å². The third-order valence-electron chi connectivity index (χ3n) is 5.16. The number of anilines is 1. The molecule has 2 heterocycles. The molecule has 1 spiro atoms. The Kier molecular flexibility index (Phi) is 3.44. The lowest BCUT2D eigenvalue weighted by Gasteiger charge is -2.31. The van der Waals surface area contributed by atoms with Crippen LogP contribution in [0.4, 0.5) is 10.5 Å². The lowest BCUT2D eigenvalue weighted by Crippen LogP contribution is -2.36. The van der Waals surface area contributed by atoms with Crippen LogP contribution in [-0.4, -0.2) is 22.1 Å². The number of rotatable bonds is 1. The molecule has 3 aliphatic rings. The molecular weight excluding hydrogens is 310 g/mol. The Morgan fingerprint density at radius 3 is 2.74 bits per heavy atom. The van der Waals surface area contributed by atoms with E-state index in [1.807, 2.05) is 19.1 Å². The number of hydrogen-bond acceptors (Lipinski definition) is 4. The molecule has 23 heavy (non-hydrogen) atoms. The highest BCUT2D eigenvalue weighted by Crippen LogP contribution is 2.47. The number of hydrazone groups is 1. The quantitative estimate of drug-likeness (QED) is 0.829. The monoisotopic (exact) mass is 329 g/mol. The van der Waals surface area contributed by atoms with Crippen molar-refractivity contribution in [1.29, 1.82) is 0 Å². The van der Waals surface area contributed by atoms with Gasteiger partial charge in [-0.25, -0.2) is 5.43 Å². The van der Waals surface area contributed by atoms with Crippen molar-refractivity contribution in [3.8, 4) is 0 Å². The van der Waals surface area contributed by atoms with E-state index in [-0.39, 0.29) is 21.8 Å². The van der Waals surface area contributed by atoms with Gasteiger partial charge in [-0.1, -0.05) is 37.1 Å². The lowest BCUT2D eigenvalue weighted by molar-refractivity contribution is -0.121. The van der Waals surface area contributed by atoms with Crippen LogP contribution < -0.4 is 10.7 Å². The summed E-state index contributed by atoms with van der Waals surface area (Å²) in [5.74, 6) is 0.144. The van der Waals surface area contributed by atoms with E-state index in [1.165, 1.54) is 18.2 Å². The number of fused-ring (bicyclic) bond motifs is 2. The fraction of sp³-hybridized carbons (Fsp3) is 0.471. The summed E-state index contributed by atoms with van der Waals surface area (Å²) < 4.78 is 0. The van der Waals surface area contributed by atoms with Crippen LogP contribution in [0.1, 0.15) is 50.2 Å². The molecule has 1 fully saturated rings. The predicted octanol–water partition coefficient (Wildman–Crippen LogP) is 3.39. The fourth-order valence-electron chi connectivity index (χ4n) is 3.96. The van der Waals surface area contributed by atoms with Gasteiger partial charge in [0.2, 0.25) is 5.91 Å². The number of thioether (sulfide) groups is 1. The number of carbonyl (C=O) groups is 2. The Morgan fingerprint density at radius 1 is 1.22 bits per heavy atom. The molecule has 0 radical (unpaired) electrons. The molecule has 0 bridgehead atoms. The van der Waals surface area contributed by atoms with Crippen molar-refractivity contribution in [3.05, 3.63) is 29.3 Å². The van der Waals surface area contributed by atoms with Crippen LogP contribution in [0.2, 0.25) is 0 Å². The second kappa shape index (κ2) is 5.37. The van der Waals surface area contributed by atoms with Gasteiger partial charge in [-0.3, -0.25) is 9.59 Å². The first kappa shape index (κ1) is 14.8. The molecule has 1 aromatic rings. The van der Waals surface area contributed by atoms with Crippen LogP contribution in [0, 0.1) is 0 Å². The smallest absolute Gasteiger partial charge is 0.299 e. The molecule has 6 heteroatoms. The average Bonchev–Trinajstić information content (AvgIpc) is 2.80. The largest absolute Gasteiger partial charge is 0.325 e. The minimum absolute atomic E-state index is 0.00849. The van der Waals surface area contributed by atoms with E-state index in [1.54, 1.807) is 0 Å². The predicted molar refractivity (Wildman–Crippen MR) is 92.0 cm³/mol. The van der Waals surface area contributed by atoms with Gasteiger partial charge in [0.05, 0.1) is 16.4 Å². The Bertz CT molecular complexity index is 723. The van der Waals surface area contributed by atoms with E-state index in [2.05, 4.69) is 21.9 Å². The van der Waals surface area contributed by atoms with Crippen LogP contribution in [0.15, 0.2) is 23.3 Å². The molecule has 1 atom stereocenters. The molecule has 0 aromatic heterocycles. The van der Waals surface area contributed by atoms with Crippen molar-refractivity contribution in [2.24, 2.45) is 5.10 Å². The normalized spacial score (nSPS) is 25.6. The summed E-state index contributed by atoms with van der Waals surface area (Å²) in [5, 5.41) is 7.17. The van der Waals surface area contributed by atoms with Crippen LogP contribution >= 0.6 is 11.8 Å². The zero-order valence-electron chi connectivity index (χ0n) is 13.0. The van der Waals surface area contributed by atoms with E-state index >= 15 is 0 Å². The van der Waals surface area contributed by atoms with E-state index in [4.69, 9.17) is 0 Å². The summed E-state index contributed by atoms with van der Waals surface area (Å²) >= 11 is 1.24. The van der Waals surface area contributed by atoms with Gasteiger partial charge in [0.25, 0.3) is 5.24 Å². The number of amides is 2. The van der Waals surface area contributed by atoms with Crippen LogP contribution in [0.3, 0.4) is 0 Å². The van der Waals surface area contributed by atoms with Gasteiger partial charge in [-0.15, -0.1) is 0 Å². The summed E-state index contributed by atoms with van der Waals surface area (Å²) in [5.41, 5.74) is 6.07. The van der Waals surface area contributed by atoms with E-state index in [0.717, 1.165) is 48.2 Å². The van der Waals surface area contributed by atoms with Gasteiger partial charge >= 0.3 is 0 Å². The summed E-state index contributed by atoms with van der Waals surface area (Å²) in [6.45, 7) is 1.98. The van der Waals surface area contributed by atoms with Gasteiger partial charge in [0.15, 0.2) is 0 Å². The third-order valence-corrected chi connectivity index (χ3v) is 6.04. The maximum absolute atomic E-state index is 12.6. The van der Waals surface area contributed by atoms with Crippen molar-refractivity contribution in [1.82, 2.24) is 5.43 Å². The Morgan fingerprint density at radius 2 is 2.00 bits per heavy atom. The van der Waals surface area contributed by atoms with Crippen molar-refractivity contribution in [2.75, 3.05) is 5.32 Å². The van der Waals surface area contributed by atoms with Crippen LogP contribution in [0.5, 0.6) is 0 Å². The van der Waals surface area contributed by atoms with Crippen molar-refractivity contribution < 1.29 is 9.59 Å². The highest BCUT2D eigenvalue weighted by atomic mass is 32.2. The molecule has 1 aliphatic carbocycles. The number of nitrogens with one attached hydrogen (secondary N) is 2. The number of benzene rings is 1. The minimum atomic E-state index is -0.363. The molecule has 2 N–H and O–H groups in total. The maximum Gasteiger partial charge on any atom is 0.299 e. The van der Waals surface area contributed by atoms with Gasteiger partial charge in [-0.05, 0) is 43.0 Å².